The first-order valence-electron chi connectivity index (χ1n) is 12.7. The summed E-state index contributed by atoms with van der Waals surface area (Å²) in [6.07, 6.45) is 3.92. The summed E-state index contributed by atoms with van der Waals surface area (Å²) < 4.78 is 1.79. The fourth-order valence-corrected chi connectivity index (χ4v) is 7.41. The number of nitrogens with zero attached hydrogens (tertiary/aromatic N) is 1. The van der Waals surface area contributed by atoms with Crippen molar-refractivity contribution in [3.8, 4) is 0 Å². The van der Waals surface area contributed by atoms with Crippen LogP contribution in [-0.2, 0) is 0 Å². The molecule has 190 valence electrons. The summed E-state index contributed by atoms with van der Waals surface area (Å²) in [5.74, 6) is -1.28. The van der Waals surface area contributed by atoms with Gasteiger partial charge in [-0.15, -0.1) is 0 Å². The van der Waals surface area contributed by atoms with Gasteiger partial charge >= 0.3 is 0 Å². The molecule has 1 aliphatic carbocycles. The van der Waals surface area contributed by atoms with Gasteiger partial charge in [-0.2, -0.15) is 0 Å². The summed E-state index contributed by atoms with van der Waals surface area (Å²) in [6, 6.07) is 28.4. The molecule has 3 aliphatic rings. The fourth-order valence-electron chi connectivity index (χ4n) is 6.76. The van der Waals surface area contributed by atoms with E-state index in [1.165, 1.54) is 0 Å². The van der Waals surface area contributed by atoms with Crippen LogP contribution in [0.3, 0.4) is 0 Å². The van der Waals surface area contributed by atoms with Crippen molar-refractivity contribution < 1.29 is 14.4 Å². The van der Waals surface area contributed by atoms with Crippen molar-refractivity contribution >= 4 is 61.0 Å². The van der Waals surface area contributed by atoms with E-state index in [0.29, 0.717) is 16.7 Å². The maximum atomic E-state index is 14.6. The molecule has 0 saturated carbocycles. The number of hydrogen-bond acceptors (Lipinski definition) is 4. The second-order valence-electron chi connectivity index (χ2n) is 10.2. The van der Waals surface area contributed by atoms with Crippen LogP contribution >= 0.6 is 31.9 Å². The zero-order valence-corrected chi connectivity index (χ0v) is 23.7. The molecule has 7 rings (SSSR count). The first-order chi connectivity index (χ1) is 18.9. The van der Waals surface area contributed by atoms with E-state index in [1.807, 2.05) is 77.7 Å². The van der Waals surface area contributed by atoms with Gasteiger partial charge in [0, 0.05) is 37.2 Å². The minimum atomic E-state index is -1.49. The summed E-state index contributed by atoms with van der Waals surface area (Å²) in [4.78, 5) is 45.8. The van der Waals surface area contributed by atoms with Crippen LogP contribution in [0.1, 0.15) is 48.1 Å². The van der Waals surface area contributed by atoms with E-state index in [9.17, 15) is 14.4 Å². The molecule has 4 nitrogen and oxygen atoms in total. The highest BCUT2D eigenvalue weighted by Crippen LogP contribution is 2.61. The van der Waals surface area contributed by atoms with Crippen molar-refractivity contribution in [2.45, 2.75) is 18.0 Å². The Morgan fingerprint density at radius 2 is 1.36 bits per heavy atom. The van der Waals surface area contributed by atoms with Gasteiger partial charge in [0.25, 0.3) is 0 Å². The topological polar surface area (TPSA) is 54.5 Å². The summed E-state index contributed by atoms with van der Waals surface area (Å²) in [5, 5.41) is 0. The molecule has 0 radical (unpaired) electrons. The fraction of sp³-hybridized carbons (Fsp3) is 0.121. The Morgan fingerprint density at radius 1 is 0.744 bits per heavy atom. The normalized spacial score (nSPS) is 22.1. The predicted molar refractivity (Wildman–Crippen MR) is 158 cm³/mol. The molecule has 3 atom stereocenters. The van der Waals surface area contributed by atoms with Crippen molar-refractivity contribution in [3.63, 3.8) is 0 Å². The largest absolute Gasteiger partial charge is 0.352 e. The van der Waals surface area contributed by atoms with Gasteiger partial charge < -0.3 is 4.90 Å². The molecular weight excluding hydrogens is 618 g/mol. The molecule has 4 aromatic rings. The van der Waals surface area contributed by atoms with E-state index >= 15 is 0 Å². The predicted octanol–water partition coefficient (Wildman–Crippen LogP) is 7.53. The highest BCUT2D eigenvalue weighted by atomic mass is 79.9. The number of carbonyl (C=O) groups is 3. The number of fused-ring (bicyclic) bond motifs is 5. The van der Waals surface area contributed by atoms with Crippen LogP contribution in [0.5, 0.6) is 0 Å². The molecule has 1 spiro atoms. The van der Waals surface area contributed by atoms with E-state index in [4.69, 9.17) is 0 Å². The number of benzene rings is 4. The average Bonchev–Trinajstić information content (AvgIpc) is 3.39. The summed E-state index contributed by atoms with van der Waals surface area (Å²) in [7, 11) is 0. The van der Waals surface area contributed by atoms with Crippen LogP contribution in [0.25, 0.3) is 6.08 Å². The van der Waals surface area contributed by atoms with Crippen molar-refractivity contribution in [1.82, 2.24) is 0 Å². The van der Waals surface area contributed by atoms with Gasteiger partial charge in [-0.1, -0.05) is 111 Å². The molecule has 6 heteroatoms. The summed E-state index contributed by atoms with van der Waals surface area (Å²) in [6.45, 7) is 0. The number of anilines is 1. The molecule has 39 heavy (non-hydrogen) atoms. The van der Waals surface area contributed by atoms with Crippen LogP contribution in [-0.4, -0.2) is 29.4 Å². The van der Waals surface area contributed by atoms with Crippen molar-refractivity contribution in [3.05, 3.63) is 140 Å². The highest BCUT2D eigenvalue weighted by molar-refractivity contribution is 9.10. The number of Topliss-reactive ketones (excluding diaryl/α,β-unsaturated/α-hetero) is 3. The second-order valence-corrected chi connectivity index (χ2v) is 12.0. The van der Waals surface area contributed by atoms with E-state index in [2.05, 4.69) is 31.9 Å². The molecule has 0 amide bonds. The lowest BCUT2D eigenvalue weighted by Crippen LogP contribution is -2.48. The zero-order valence-electron chi connectivity index (χ0n) is 20.6. The summed E-state index contributed by atoms with van der Waals surface area (Å²) in [5.41, 5.74) is 2.43. The maximum Gasteiger partial charge on any atom is 0.185 e. The summed E-state index contributed by atoms with van der Waals surface area (Å²) >= 11 is 7.08. The maximum absolute atomic E-state index is 14.6. The number of hydrogen-bond donors (Lipinski definition) is 0. The van der Waals surface area contributed by atoms with Crippen LogP contribution in [0.4, 0.5) is 5.69 Å². The Balaban J connectivity index is 1.55. The van der Waals surface area contributed by atoms with Crippen molar-refractivity contribution in [1.29, 1.82) is 0 Å². The Hall–Kier alpha value is -3.61. The van der Waals surface area contributed by atoms with E-state index in [1.54, 1.807) is 36.4 Å². The zero-order chi connectivity index (χ0) is 26.9. The Morgan fingerprint density at radius 3 is 2.03 bits per heavy atom. The molecule has 0 bridgehead atoms. The first-order valence-corrected chi connectivity index (χ1v) is 14.3. The molecular formula is C33H21Br2NO3. The smallest absolute Gasteiger partial charge is 0.185 e. The van der Waals surface area contributed by atoms with Crippen LogP contribution in [0.15, 0.2) is 112 Å². The number of rotatable bonds is 3. The Labute approximate surface area is 242 Å². The molecule has 1 unspecified atom stereocenters. The van der Waals surface area contributed by atoms with Crippen molar-refractivity contribution in [2.75, 3.05) is 4.90 Å². The monoisotopic (exact) mass is 637 g/mol. The van der Waals surface area contributed by atoms with E-state index in [0.717, 1.165) is 25.8 Å². The van der Waals surface area contributed by atoms with E-state index in [-0.39, 0.29) is 17.3 Å². The molecule has 1 fully saturated rings. The van der Waals surface area contributed by atoms with E-state index < -0.39 is 23.4 Å². The number of carbonyl (C=O) groups excluding carboxylic acids is 3. The molecule has 4 aromatic carbocycles. The minimum Gasteiger partial charge on any atom is -0.352 e. The third-order valence-electron chi connectivity index (χ3n) is 8.32. The highest BCUT2D eigenvalue weighted by Gasteiger charge is 2.71. The third-order valence-corrected chi connectivity index (χ3v) is 9.34. The van der Waals surface area contributed by atoms with Crippen LogP contribution in [0.2, 0.25) is 0 Å². The first kappa shape index (κ1) is 24.4. The molecule has 1 saturated heterocycles. The van der Waals surface area contributed by atoms with Gasteiger partial charge in [-0.25, -0.2) is 0 Å². The van der Waals surface area contributed by atoms with Gasteiger partial charge in [-0.05, 0) is 41.5 Å². The lowest BCUT2D eigenvalue weighted by atomic mass is 9.64. The number of ketones is 3. The third kappa shape index (κ3) is 3.38. The van der Waals surface area contributed by atoms with Gasteiger partial charge in [0.05, 0.1) is 6.04 Å². The van der Waals surface area contributed by atoms with Gasteiger partial charge in [-0.3, -0.25) is 14.4 Å². The Kier molecular flexibility index (Phi) is 5.62. The quantitative estimate of drug-likeness (QED) is 0.172. The second kappa shape index (κ2) is 8.97. The minimum absolute atomic E-state index is 0.119. The van der Waals surface area contributed by atoms with Gasteiger partial charge in [0.15, 0.2) is 17.3 Å². The lowest BCUT2D eigenvalue weighted by molar-refractivity contribution is 0.0666. The van der Waals surface area contributed by atoms with Crippen LogP contribution < -0.4 is 4.90 Å². The lowest BCUT2D eigenvalue weighted by Gasteiger charge is -2.37. The standard InChI is InChI=1S/C33H21Br2NO3/c34-22-13-10-19(11-14-22)28-29(30(37)20-6-2-1-3-7-20)36-26-16-15-23(35)18-21(26)12-17-27(36)33(28)31(38)24-8-4-5-9-25(24)32(33)39/h1-18,27-29H/t27?,28-,29+/m1/s1. The van der Waals surface area contributed by atoms with Gasteiger partial charge in [0.1, 0.15) is 11.5 Å². The molecule has 2 aliphatic heterocycles. The molecule has 2 heterocycles. The van der Waals surface area contributed by atoms with Crippen LogP contribution in [0, 0.1) is 5.41 Å². The average molecular weight is 639 g/mol. The molecule has 0 N–H and O–H groups in total. The Bertz CT molecular complexity index is 1680. The SMILES string of the molecule is O=C(c1ccccc1)[C@@H]1[C@@H](c2ccc(Br)cc2)C2(C(=O)c3ccccc3C2=O)C2C=Cc3cc(Br)ccc3N21. The van der Waals surface area contributed by atoms with Crippen molar-refractivity contribution in [2.24, 2.45) is 5.41 Å². The van der Waals surface area contributed by atoms with Gasteiger partial charge in [0.2, 0.25) is 0 Å². The molecule has 0 aromatic heterocycles. The number of halogens is 2.